The number of ether oxygens (including phenoxy) is 1. The van der Waals surface area contributed by atoms with Gasteiger partial charge in [0.25, 0.3) is 0 Å². The van der Waals surface area contributed by atoms with E-state index in [0.29, 0.717) is 5.92 Å². The monoisotopic (exact) mass is 278 g/mol. The molecule has 2 N–H and O–H groups in total. The molecule has 2 unspecified atom stereocenters. The van der Waals surface area contributed by atoms with Gasteiger partial charge in [-0.05, 0) is 30.9 Å². The van der Waals surface area contributed by atoms with Crippen LogP contribution >= 0.6 is 0 Å². The minimum Gasteiger partial charge on any atom is -0.383 e. The van der Waals surface area contributed by atoms with Gasteiger partial charge in [-0.25, -0.2) is 0 Å². The van der Waals surface area contributed by atoms with E-state index in [4.69, 9.17) is 10.5 Å². The zero-order chi connectivity index (χ0) is 15.1. The molecule has 0 fully saturated rings. The maximum Gasteiger partial charge on any atom is 0.0589 e. The van der Waals surface area contributed by atoms with E-state index in [2.05, 4.69) is 56.9 Å². The van der Waals surface area contributed by atoms with Crippen LogP contribution in [0.2, 0.25) is 0 Å². The Balaban J connectivity index is 3.04. The normalized spacial score (nSPS) is 14.8. The summed E-state index contributed by atoms with van der Waals surface area (Å²) in [7, 11) is 1.75. The van der Waals surface area contributed by atoms with E-state index in [1.54, 1.807) is 7.11 Å². The Morgan fingerprint density at radius 1 is 1.20 bits per heavy atom. The molecule has 0 amide bonds. The highest BCUT2D eigenvalue weighted by Crippen LogP contribution is 2.27. The van der Waals surface area contributed by atoms with Crippen LogP contribution in [-0.2, 0) is 4.74 Å². The highest BCUT2D eigenvalue weighted by atomic mass is 16.5. The average Bonchev–Trinajstić information content (AvgIpc) is 2.37. The summed E-state index contributed by atoms with van der Waals surface area (Å²) in [5, 5.41) is 0. The van der Waals surface area contributed by atoms with Gasteiger partial charge in [-0.2, -0.15) is 0 Å². The molecule has 20 heavy (non-hydrogen) atoms. The SMILES string of the molecule is COCCN(CC(C)C)C(c1ccccc1C)C(C)N. The maximum absolute atomic E-state index is 6.30. The van der Waals surface area contributed by atoms with E-state index in [9.17, 15) is 0 Å². The zero-order valence-electron chi connectivity index (χ0n) is 13.6. The van der Waals surface area contributed by atoms with Crippen LogP contribution in [0.1, 0.15) is 37.9 Å². The first kappa shape index (κ1) is 17.2. The van der Waals surface area contributed by atoms with Crippen molar-refractivity contribution in [2.45, 2.75) is 39.8 Å². The van der Waals surface area contributed by atoms with Crippen molar-refractivity contribution < 1.29 is 4.74 Å². The van der Waals surface area contributed by atoms with Gasteiger partial charge in [0.15, 0.2) is 0 Å². The predicted molar refractivity (Wildman–Crippen MR) is 85.9 cm³/mol. The van der Waals surface area contributed by atoms with Crippen LogP contribution in [0.5, 0.6) is 0 Å². The van der Waals surface area contributed by atoms with Crippen LogP contribution in [0.3, 0.4) is 0 Å². The molecule has 0 bridgehead atoms. The number of methoxy groups -OCH3 is 1. The van der Waals surface area contributed by atoms with Gasteiger partial charge in [0.1, 0.15) is 0 Å². The van der Waals surface area contributed by atoms with E-state index in [1.807, 2.05) is 0 Å². The maximum atomic E-state index is 6.30. The third-order valence-electron chi connectivity index (χ3n) is 3.58. The van der Waals surface area contributed by atoms with Crippen LogP contribution in [0.15, 0.2) is 24.3 Å². The van der Waals surface area contributed by atoms with Gasteiger partial charge in [-0.1, -0.05) is 38.1 Å². The molecule has 3 heteroatoms. The van der Waals surface area contributed by atoms with Crippen LogP contribution in [0, 0.1) is 12.8 Å². The number of hydrogen-bond acceptors (Lipinski definition) is 3. The summed E-state index contributed by atoms with van der Waals surface area (Å²) in [4.78, 5) is 2.46. The fourth-order valence-corrected chi connectivity index (χ4v) is 2.75. The Kier molecular flexibility index (Phi) is 7.20. The molecule has 1 rings (SSSR count). The number of nitrogens with zero attached hydrogens (tertiary/aromatic N) is 1. The first-order chi connectivity index (χ1) is 9.47. The lowest BCUT2D eigenvalue weighted by atomic mass is 9.94. The van der Waals surface area contributed by atoms with Crippen molar-refractivity contribution in [3.63, 3.8) is 0 Å². The van der Waals surface area contributed by atoms with Gasteiger partial charge in [0.2, 0.25) is 0 Å². The first-order valence-corrected chi connectivity index (χ1v) is 7.51. The van der Waals surface area contributed by atoms with Crippen LogP contribution in [-0.4, -0.2) is 37.7 Å². The van der Waals surface area contributed by atoms with Crippen LogP contribution in [0.25, 0.3) is 0 Å². The van der Waals surface area contributed by atoms with Gasteiger partial charge in [0.05, 0.1) is 6.61 Å². The Morgan fingerprint density at radius 3 is 2.35 bits per heavy atom. The highest BCUT2D eigenvalue weighted by molar-refractivity contribution is 5.29. The second kappa shape index (κ2) is 8.40. The second-order valence-corrected chi connectivity index (χ2v) is 6.04. The summed E-state index contributed by atoms with van der Waals surface area (Å²) < 4.78 is 5.27. The smallest absolute Gasteiger partial charge is 0.0589 e. The molecule has 114 valence electrons. The van der Waals surface area contributed by atoms with Crippen molar-refractivity contribution in [2.24, 2.45) is 11.7 Å². The molecular weight excluding hydrogens is 248 g/mol. The standard InChI is InChI=1S/C17H30N2O/c1-13(2)12-19(10-11-20-5)17(15(4)18)16-9-7-6-8-14(16)3/h6-9,13,15,17H,10-12,18H2,1-5H3. The Labute approximate surface area is 124 Å². The van der Waals surface area contributed by atoms with E-state index in [-0.39, 0.29) is 12.1 Å². The third-order valence-corrected chi connectivity index (χ3v) is 3.58. The molecule has 2 atom stereocenters. The van der Waals surface area contributed by atoms with Crippen molar-refractivity contribution in [1.29, 1.82) is 0 Å². The van der Waals surface area contributed by atoms with Crippen molar-refractivity contribution in [3.05, 3.63) is 35.4 Å². The summed E-state index contributed by atoms with van der Waals surface area (Å²) in [5.74, 6) is 0.608. The fraction of sp³-hybridized carbons (Fsp3) is 0.647. The quantitative estimate of drug-likeness (QED) is 0.794. The Morgan fingerprint density at radius 2 is 1.85 bits per heavy atom. The lowest BCUT2D eigenvalue weighted by Crippen LogP contribution is -2.43. The molecule has 1 aromatic rings. The van der Waals surface area contributed by atoms with Gasteiger partial charge in [0, 0.05) is 32.3 Å². The topological polar surface area (TPSA) is 38.5 Å². The molecular formula is C17H30N2O. The zero-order valence-corrected chi connectivity index (χ0v) is 13.6. The molecule has 0 radical (unpaired) electrons. The number of benzene rings is 1. The lowest BCUT2D eigenvalue weighted by molar-refractivity contribution is 0.100. The van der Waals surface area contributed by atoms with Gasteiger partial charge >= 0.3 is 0 Å². The minimum atomic E-state index is 0.0895. The molecule has 0 spiro atoms. The molecule has 1 aromatic carbocycles. The summed E-state index contributed by atoms with van der Waals surface area (Å²) in [6.45, 7) is 11.4. The van der Waals surface area contributed by atoms with Gasteiger partial charge in [-0.15, -0.1) is 0 Å². The van der Waals surface area contributed by atoms with Crippen molar-refractivity contribution in [2.75, 3.05) is 26.8 Å². The van der Waals surface area contributed by atoms with Crippen LogP contribution < -0.4 is 5.73 Å². The van der Waals surface area contributed by atoms with Crippen LogP contribution in [0.4, 0.5) is 0 Å². The molecule has 0 saturated carbocycles. The summed E-state index contributed by atoms with van der Waals surface area (Å²) in [6.07, 6.45) is 0. The molecule has 0 aromatic heterocycles. The minimum absolute atomic E-state index is 0.0895. The van der Waals surface area contributed by atoms with Crippen molar-refractivity contribution in [3.8, 4) is 0 Å². The molecule has 0 heterocycles. The molecule has 0 aliphatic carbocycles. The summed E-state index contributed by atoms with van der Waals surface area (Å²) >= 11 is 0. The summed E-state index contributed by atoms with van der Waals surface area (Å²) in [5.41, 5.74) is 8.94. The molecule has 0 saturated heterocycles. The number of rotatable bonds is 8. The average molecular weight is 278 g/mol. The van der Waals surface area contributed by atoms with Crippen molar-refractivity contribution >= 4 is 0 Å². The second-order valence-electron chi connectivity index (χ2n) is 6.04. The van der Waals surface area contributed by atoms with Gasteiger partial charge in [-0.3, -0.25) is 4.90 Å². The molecule has 3 nitrogen and oxygen atoms in total. The number of hydrogen-bond donors (Lipinski definition) is 1. The van der Waals surface area contributed by atoms with Crippen molar-refractivity contribution in [1.82, 2.24) is 4.90 Å². The van der Waals surface area contributed by atoms with E-state index in [1.165, 1.54) is 11.1 Å². The molecule has 0 aliphatic heterocycles. The largest absolute Gasteiger partial charge is 0.383 e. The Hall–Kier alpha value is -0.900. The first-order valence-electron chi connectivity index (χ1n) is 7.51. The molecule has 0 aliphatic rings. The van der Waals surface area contributed by atoms with E-state index >= 15 is 0 Å². The number of aryl methyl sites for hydroxylation is 1. The van der Waals surface area contributed by atoms with E-state index in [0.717, 1.165) is 19.7 Å². The number of nitrogens with two attached hydrogens (primary N) is 1. The highest BCUT2D eigenvalue weighted by Gasteiger charge is 2.25. The predicted octanol–water partition coefficient (Wildman–Crippen LogP) is 2.99. The van der Waals surface area contributed by atoms with Gasteiger partial charge < -0.3 is 10.5 Å². The van der Waals surface area contributed by atoms with E-state index < -0.39 is 0 Å². The summed E-state index contributed by atoms with van der Waals surface area (Å²) in [6, 6.07) is 8.87. The Bertz CT molecular complexity index is 390. The lowest BCUT2D eigenvalue weighted by Gasteiger charge is -2.36. The third kappa shape index (κ3) is 4.89. The fourth-order valence-electron chi connectivity index (χ4n) is 2.75.